The van der Waals surface area contributed by atoms with Crippen LogP contribution in [-0.4, -0.2) is 33.3 Å². The zero-order chi connectivity index (χ0) is 12.6. The number of nitrogens with one attached hydrogen (secondary N) is 1. The minimum Gasteiger partial charge on any atom is -0.315 e. The highest BCUT2D eigenvalue weighted by molar-refractivity contribution is 5.37. The predicted octanol–water partition coefficient (Wildman–Crippen LogP) is 0.602. The van der Waals surface area contributed by atoms with Crippen molar-refractivity contribution >= 4 is 0 Å². The third kappa shape index (κ3) is 1.80. The number of aromatic nitrogens is 4. The first-order valence-corrected chi connectivity index (χ1v) is 6.19. The summed E-state index contributed by atoms with van der Waals surface area (Å²) in [7, 11) is 1.80. The van der Waals surface area contributed by atoms with Crippen LogP contribution in [0.3, 0.4) is 0 Å². The van der Waals surface area contributed by atoms with E-state index < -0.39 is 0 Å². The average Bonchev–Trinajstić information content (AvgIpc) is 2.71. The van der Waals surface area contributed by atoms with E-state index in [1.54, 1.807) is 7.05 Å². The van der Waals surface area contributed by atoms with E-state index in [0.29, 0.717) is 0 Å². The second-order valence-corrected chi connectivity index (χ2v) is 5.07. The zero-order valence-electron chi connectivity index (χ0n) is 10.7. The fourth-order valence-electron chi connectivity index (χ4n) is 2.70. The van der Waals surface area contributed by atoms with Crippen molar-refractivity contribution in [1.82, 2.24) is 25.5 Å². The Bertz CT molecular complexity index is 556. The summed E-state index contributed by atoms with van der Waals surface area (Å²) >= 11 is 0. The normalized spacial score (nSPS) is 17.4. The summed E-state index contributed by atoms with van der Waals surface area (Å²) in [6.45, 7) is 4.13. The molecule has 1 aromatic heterocycles. The molecule has 1 N–H and O–H groups in total. The lowest BCUT2D eigenvalue weighted by atomic mass is 9.71. The van der Waals surface area contributed by atoms with Gasteiger partial charge in [0.2, 0.25) is 0 Å². The van der Waals surface area contributed by atoms with Crippen LogP contribution in [0.25, 0.3) is 0 Å². The van der Waals surface area contributed by atoms with Gasteiger partial charge in [-0.2, -0.15) is 4.80 Å². The second-order valence-electron chi connectivity index (χ2n) is 5.07. The van der Waals surface area contributed by atoms with Crippen LogP contribution in [0.2, 0.25) is 0 Å². The molecule has 1 aliphatic rings. The fraction of sp³-hybridized carbons (Fsp3) is 0.462. The van der Waals surface area contributed by atoms with E-state index in [0.717, 1.165) is 25.3 Å². The number of benzene rings is 1. The lowest BCUT2D eigenvalue weighted by Crippen LogP contribution is -2.58. The van der Waals surface area contributed by atoms with E-state index in [9.17, 15) is 0 Å². The Balaban J connectivity index is 1.93. The molecule has 5 heteroatoms. The van der Waals surface area contributed by atoms with Crippen LogP contribution < -0.4 is 5.32 Å². The Morgan fingerprint density at radius 1 is 1.33 bits per heavy atom. The van der Waals surface area contributed by atoms with Crippen molar-refractivity contribution in [3.8, 4) is 0 Å². The lowest BCUT2D eigenvalue weighted by Gasteiger charge is -2.43. The van der Waals surface area contributed by atoms with Gasteiger partial charge in [0.05, 0.1) is 7.05 Å². The predicted molar refractivity (Wildman–Crippen MR) is 68.2 cm³/mol. The minimum absolute atomic E-state index is 0.133. The van der Waals surface area contributed by atoms with Gasteiger partial charge in [-0.3, -0.25) is 0 Å². The summed E-state index contributed by atoms with van der Waals surface area (Å²) in [5.41, 5.74) is 2.87. The fourth-order valence-corrected chi connectivity index (χ4v) is 2.70. The van der Waals surface area contributed by atoms with Gasteiger partial charge in [-0.1, -0.05) is 24.3 Å². The van der Waals surface area contributed by atoms with Gasteiger partial charge in [0.1, 0.15) is 0 Å². The smallest absolute Gasteiger partial charge is 0.175 e. The van der Waals surface area contributed by atoms with Crippen LogP contribution in [0.5, 0.6) is 0 Å². The van der Waals surface area contributed by atoms with E-state index in [4.69, 9.17) is 0 Å². The number of hydrogen-bond donors (Lipinski definition) is 1. The van der Waals surface area contributed by atoms with E-state index in [1.807, 2.05) is 0 Å². The van der Waals surface area contributed by atoms with Crippen LogP contribution in [0.1, 0.15) is 17.0 Å². The van der Waals surface area contributed by atoms with E-state index >= 15 is 0 Å². The molecule has 0 atom stereocenters. The molecule has 0 saturated carbocycles. The number of aryl methyl sites for hydroxylation is 2. The maximum absolute atomic E-state index is 4.30. The molecule has 1 saturated heterocycles. The highest BCUT2D eigenvalue weighted by atomic mass is 15.6. The van der Waals surface area contributed by atoms with Crippen molar-refractivity contribution in [3.05, 3.63) is 41.2 Å². The Hall–Kier alpha value is -1.75. The van der Waals surface area contributed by atoms with Crippen LogP contribution in [0.4, 0.5) is 0 Å². The largest absolute Gasteiger partial charge is 0.315 e. The molecule has 2 aromatic rings. The van der Waals surface area contributed by atoms with Gasteiger partial charge in [-0.15, -0.1) is 10.2 Å². The first-order chi connectivity index (χ1) is 8.70. The maximum atomic E-state index is 4.30. The Kier molecular flexibility index (Phi) is 2.63. The molecule has 0 radical (unpaired) electrons. The van der Waals surface area contributed by atoms with Gasteiger partial charge in [0.25, 0.3) is 0 Å². The van der Waals surface area contributed by atoms with Gasteiger partial charge in [-0.05, 0) is 23.3 Å². The molecule has 1 aliphatic heterocycles. The van der Waals surface area contributed by atoms with Crippen molar-refractivity contribution < 1.29 is 0 Å². The third-order valence-electron chi connectivity index (χ3n) is 3.69. The molecule has 1 aromatic carbocycles. The summed E-state index contributed by atoms with van der Waals surface area (Å²) in [6.07, 6.45) is 0.846. The molecule has 94 valence electrons. The van der Waals surface area contributed by atoms with Crippen LogP contribution in [0, 0.1) is 6.92 Å². The van der Waals surface area contributed by atoms with Crippen LogP contribution in [-0.2, 0) is 18.9 Å². The van der Waals surface area contributed by atoms with Crippen molar-refractivity contribution in [3.63, 3.8) is 0 Å². The number of tetrazole rings is 1. The molecule has 1 fully saturated rings. The minimum atomic E-state index is 0.133. The molecular weight excluding hydrogens is 226 g/mol. The van der Waals surface area contributed by atoms with Crippen molar-refractivity contribution in [2.45, 2.75) is 18.8 Å². The molecule has 0 amide bonds. The molecule has 5 nitrogen and oxygen atoms in total. The highest BCUT2D eigenvalue weighted by Crippen LogP contribution is 2.33. The van der Waals surface area contributed by atoms with Crippen molar-refractivity contribution in [2.75, 3.05) is 13.1 Å². The maximum Gasteiger partial charge on any atom is 0.175 e. The Morgan fingerprint density at radius 2 is 2.11 bits per heavy atom. The summed E-state index contributed by atoms with van der Waals surface area (Å²) in [6, 6.07) is 8.57. The molecule has 18 heavy (non-hydrogen) atoms. The summed E-state index contributed by atoms with van der Waals surface area (Å²) < 4.78 is 0. The van der Waals surface area contributed by atoms with Gasteiger partial charge < -0.3 is 5.32 Å². The first-order valence-electron chi connectivity index (χ1n) is 6.19. The monoisotopic (exact) mass is 243 g/mol. The molecule has 0 aliphatic carbocycles. The average molecular weight is 243 g/mol. The molecule has 0 bridgehead atoms. The van der Waals surface area contributed by atoms with Gasteiger partial charge in [0.15, 0.2) is 5.82 Å². The zero-order valence-corrected chi connectivity index (χ0v) is 10.7. The third-order valence-corrected chi connectivity index (χ3v) is 3.69. The van der Waals surface area contributed by atoms with Gasteiger partial charge in [0, 0.05) is 24.9 Å². The topological polar surface area (TPSA) is 55.6 Å². The number of hydrogen-bond acceptors (Lipinski definition) is 4. The quantitative estimate of drug-likeness (QED) is 0.858. The van der Waals surface area contributed by atoms with Crippen LogP contribution >= 0.6 is 0 Å². The highest BCUT2D eigenvalue weighted by Gasteiger charge is 2.40. The second kappa shape index (κ2) is 4.17. The van der Waals surface area contributed by atoms with Crippen LogP contribution in [0.15, 0.2) is 24.3 Å². The van der Waals surface area contributed by atoms with Crippen molar-refractivity contribution in [2.24, 2.45) is 7.05 Å². The standard InChI is InChI=1S/C13H17N5/c1-10-5-3-4-6-11(10)13(8-14-9-13)7-12-15-17-18(2)16-12/h3-6,14H,7-9H2,1-2H3. The van der Waals surface area contributed by atoms with E-state index in [2.05, 4.69) is 51.9 Å². The van der Waals surface area contributed by atoms with E-state index in [1.165, 1.54) is 15.9 Å². The van der Waals surface area contributed by atoms with Gasteiger partial charge >= 0.3 is 0 Å². The van der Waals surface area contributed by atoms with Gasteiger partial charge in [-0.25, -0.2) is 0 Å². The summed E-state index contributed by atoms with van der Waals surface area (Å²) in [4.78, 5) is 1.52. The molecule has 0 spiro atoms. The lowest BCUT2D eigenvalue weighted by molar-refractivity contribution is 0.268. The SMILES string of the molecule is Cc1ccccc1C1(Cc2nnn(C)n2)CNC1. The molecule has 0 unspecified atom stereocenters. The number of nitrogens with zero attached hydrogens (tertiary/aromatic N) is 4. The first kappa shape index (κ1) is 11.3. The van der Waals surface area contributed by atoms with E-state index in [-0.39, 0.29) is 5.41 Å². The number of rotatable bonds is 3. The summed E-state index contributed by atoms with van der Waals surface area (Å²) in [5, 5.41) is 15.7. The molecule has 3 rings (SSSR count). The molecular formula is C13H17N5. The van der Waals surface area contributed by atoms with Crippen molar-refractivity contribution in [1.29, 1.82) is 0 Å². The summed E-state index contributed by atoms with van der Waals surface area (Å²) in [5.74, 6) is 0.822. The molecule has 2 heterocycles. The Morgan fingerprint density at radius 3 is 2.67 bits per heavy atom. The Labute approximate surface area is 106 Å².